The van der Waals surface area contributed by atoms with Gasteiger partial charge in [-0.3, -0.25) is 0 Å². The second-order valence-electron chi connectivity index (χ2n) is 3.88. The predicted molar refractivity (Wildman–Crippen MR) is 84.3 cm³/mol. The molecule has 2 nitrogen and oxygen atoms in total. The third-order valence-corrected chi connectivity index (χ3v) is 4.44. The first-order chi connectivity index (χ1) is 8.63. The molecule has 0 radical (unpaired) electrons. The second kappa shape index (κ2) is 4.72. The zero-order valence-electron chi connectivity index (χ0n) is 9.05. The molecule has 0 fully saturated rings. The van der Waals surface area contributed by atoms with Gasteiger partial charge in [0.1, 0.15) is 5.82 Å². The van der Waals surface area contributed by atoms with Crippen molar-refractivity contribution in [2.24, 2.45) is 0 Å². The highest BCUT2D eigenvalue weighted by atomic mass is 127. The van der Waals surface area contributed by atoms with Gasteiger partial charge >= 0.3 is 0 Å². The molecule has 2 aromatic carbocycles. The van der Waals surface area contributed by atoms with Crippen molar-refractivity contribution in [3.8, 4) is 11.4 Å². The van der Waals surface area contributed by atoms with E-state index in [1.54, 1.807) is 0 Å². The fraction of sp³-hybridized carbons (Fsp3) is 0. The van der Waals surface area contributed by atoms with E-state index in [0.717, 1.165) is 31.0 Å². The molecule has 0 spiro atoms. The van der Waals surface area contributed by atoms with Crippen molar-refractivity contribution in [3.05, 3.63) is 50.0 Å². The van der Waals surface area contributed by atoms with Gasteiger partial charge in [-0.1, -0.05) is 29.3 Å². The number of imidazole rings is 1. The molecule has 90 valence electrons. The van der Waals surface area contributed by atoms with Gasteiger partial charge in [0.15, 0.2) is 0 Å². The average molecular weight is 389 g/mol. The summed E-state index contributed by atoms with van der Waals surface area (Å²) in [5.41, 5.74) is 2.78. The molecular weight excluding hydrogens is 382 g/mol. The van der Waals surface area contributed by atoms with Crippen LogP contribution >= 0.6 is 45.8 Å². The van der Waals surface area contributed by atoms with E-state index in [9.17, 15) is 0 Å². The van der Waals surface area contributed by atoms with Gasteiger partial charge in [-0.15, -0.1) is 0 Å². The molecule has 18 heavy (non-hydrogen) atoms. The summed E-state index contributed by atoms with van der Waals surface area (Å²) in [6, 6.07) is 11.5. The predicted octanol–water partition coefficient (Wildman–Crippen LogP) is 5.14. The Balaban J connectivity index is 2.16. The topological polar surface area (TPSA) is 28.7 Å². The fourth-order valence-corrected chi connectivity index (χ4v) is 2.45. The zero-order valence-corrected chi connectivity index (χ0v) is 12.7. The van der Waals surface area contributed by atoms with Crippen molar-refractivity contribution in [2.45, 2.75) is 0 Å². The van der Waals surface area contributed by atoms with Crippen LogP contribution in [0.2, 0.25) is 10.0 Å². The van der Waals surface area contributed by atoms with Crippen molar-refractivity contribution in [2.75, 3.05) is 0 Å². The van der Waals surface area contributed by atoms with Crippen LogP contribution in [0.3, 0.4) is 0 Å². The van der Waals surface area contributed by atoms with Crippen molar-refractivity contribution in [3.63, 3.8) is 0 Å². The number of rotatable bonds is 1. The molecule has 0 aliphatic heterocycles. The molecule has 0 aliphatic rings. The normalized spacial score (nSPS) is 11.1. The number of hydrogen-bond acceptors (Lipinski definition) is 1. The zero-order chi connectivity index (χ0) is 12.7. The number of halogens is 3. The maximum Gasteiger partial charge on any atom is 0.138 e. The third-order valence-electron chi connectivity index (χ3n) is 2.64. The van der Waals surface area contributed by atoms with Gasteiger partial charge < -0.3 is 4.98 Å². The summed E-state index contributed by atoms with van der Waals surface area (Å²) in [7, 11) is 0. The van der Waals surface area contributed by atoms with Crippen LogP contribution in [0.25, 0.3) is 22.4 Å². The van der Waals surface area contributed by atoms with E-state index in [1.165, 1.54) is 0 Å². The van der Waals surface area contributed by atoms with Gasteiger partial charge in [0, 0.05) is 14.2 Å². The summed E-state index contributed by atoms with van der Waals surface area (Å²) in [5, 5.41) is 1.42. The first-order valence-electron chi connectivity index (χ1n) is 5.24. The van der Waals surface area contributed by atoms with Gasteiger partial charge in [-0.05, 0) is 52.9 Å². The van der Waals surface area contributed by atoms with E-state index >= 15 is 0 Å². The van der Waals surface area contributed by atoms with Gasteiger partial charge in [-0.25, -0.2) is 4.98 Å². The smallest absolute Gasteiger partial charge is 0.138 e. The molecule has 3 aromatic rings. The maximum absolute atomic E-state index is 6.12. The van der Waals surface area contributed by atoms with Crippen LogP contribution in [0.1, 0.15) is 0 Å². The first-order valence-corrected chi connectivity index (χ1v) is 7.07. The standard InChI is InChI=1S/C13H7Cl2IN2/c14-8-2-4-11-12(6-8)18-13(17-11)7-1-3-10(16)9(15)5-7/h1-6H,(H,17,18). The van der Waals surface area contributed by atoms with Gasteiger partial charge in [0.2, 0.25) is 0 Å². The molecule has 1 N–H and O–H groups in total. The summed E-state index contributed by atoms with van der Waals surface area (Å²) in [5.74, 6) is 0.797. The third kappa shape index (κ3) is 2.22. The van der Waals surface area contributed by atoms with Gasteiger partial charge in [0.25, 0.3) is 0 Å². The summed E-state index contributed by atoms with van der Waals surface area (Å²) in [4.78, 5) is 7.76. The number of aromatic nitrogens is 2. The van der Waals surface area contributed by atoms with Crippen molar-refractivity contribution < 1.29 is 0 Å². The Labute approximate surface area is 127 Å². The first kappa shape index (κ1) is 12.3. The monoisotopic (exact) mass is 388 g/mol. The number of fused-ring (bicyclic) bond motifs is 1. The Morgan fingerprint density at radius 3 is 2.67 bits per heavy atom. The van der Waals surface area contributed by atoms with E-state index in [-0.39, 0.29) is 0 Å². The Morgan fingerprint density at radius 1 is 1.06 bits per heavy atom. The van der Waals surface area contributed by atoms with Crippen LogP contribution in [0, 0.1) is 3.57 Å². The minimum Gasteiger partial charge on any atom is -0.338 e. The molecular formula is C13H7Cl2IN2. The number of hydrogen-bond donors (Lipinski definition) is 1. The molecule has 0 atom stereocenters. The van der Waals surface area contributed by atoms with Crippen molar-refractivity contribution in [1.82, 2.24) is 9.97 Å². The lowest BCUT2D eigenvalue weighted by atomic mass is 10.2. The number of nitrogens with zero attached hydrogens (tertiary/aromatic N) is 1. The molecule has 0 unspecified atom stereocenters. The molecule has 0 saturated carbocycles. The van der Waals surface area contributed by atoms with Crippen LogP contribution in [0.15, 0.2) is 36.4 Å². The average Bonchev–Trinajstić information content (AvgIpc) is 2.75. The summed E-state index contributed by atoms with van der Waals surface area (Å²) >= 11 is 14.3. The maximum atomic E-state index is 6.12. The highest BCUT2D eigenvalue weighted by Crippen LogP contribution is 2.27. The molecule has 0 amide bonds. The number of nitrogens with one attached hydrogen (secondary N) is 1. The molecule has 5 heteroatoms. The lowest BCUT2D eigenvalue weighted by Gasteiger charge is -1.99. The molecule has 1 heterocycles. The lowest BCUT2D eigenvalue weighted by molar-refractivity contribution is 1.33. The highest BCUT2D eigenvalue weighted by molar-refractivity contribution is 14.1. The SMILES string of the molecule is Clc1ccc2nc(-c3ccc(I)c(Cl)c3)[nH]c2c1. The quantitative estimate of drug-likeness (QED) is 0.574. The van der Waals surface area contributed by atoms with Crippen molar-refractivity contribution >= 4 is 56.8 Å². The Kier molecular flexibility index (Phi) is 3.21. The molecule has 1 aromatic heterocycles. The number of benzene rings is 2. The van der Waals surface area contributed by atoms with Crippen LogP contribution in [-0.4, -0.2) is 9.97 Å². The largest absolute Gasteiger partial charge is 0.338 e. The van der Waals surface area contributed by atoms with Crippen LogP contribution in [0.4, 0.5) is 0 Å². The number of aromatic amines is 1. The lowest BCUT2D eigenvalue weighted by Crippen LogP contribution is -1.82. The molecule has 0 saturated heterocycles. The van der Waals surface area contributed by atoms with Crippen LogP contribution < -0.4 is 0 Å². The Hall–Kier alpha value is -0.780. The molecule has 3 rings (SSSR count). The van der Waals surface area contributed by atoms with Crippen LogP contribution in [-0.2, 0) is 0 Å². The van der Waals surface area contributed by atoms with Gasteiger partial charge in [-0.2, -0.15) is 0 Å². The summed E-state index contributed by atoms with van der Waals surface area (Å²) in [6.07, 6.45) is 0. The molecule has 0 bridgehead atoms. The molecule has 0 aliphatic carbocycles. The van der Waals surface area contributed by atoms with Gasteiger partial charge in [0.05, 0.1) is 16.1 Å². The van der Waals surface area contributed by atoms with E-state index < -0.39 is 0 Å². The highest BCUT2D eigenvalue weighted by Gasteiger charge is 2.07. The number of H-pyrrole nitrogens is 1. The minimum atomic E-state index is 0.693. The van der Waals surface area contributed by atoms with E-state index in [4.69, 9.17) is 23.2 Å². The summed E-state index contributed by atoms with van der Waals surface area (Å²) in [6.45, 7) is 0. The van der Waals surface area contributed by atoms with E-state index in [1.807, 2.05) is 36.4 Å². The minimum absolute atomic E-state index is 0.693. The van der Waals surface area contributed by atoms with Crippen molar-refractivity contribution in [1.29, 1.82) is 0 Å². The van der Waals surface area contributed by atoms with E-state index in [0.29, 0.717) is 5.02 Å². The fourth-order valence-electron chi connectivity index (χ4n) is 1.76. The van der Waals surface area contributed by atoms with E-state index in [2.05, 4.69) is 32.6 Å². The Morgan fingerprint density at radius 2 is 1.89 bits per heavy atom. The summed E-state index contributed by atoms with van der Waals surface area (Å²) < 4.78 is 1.03. The van der Waals surface area contributed by atoms with Crippen LogP contribution in [0.5, 0.6) is 0 Å². The second-order valence-corrected chi connectivity index (χ2v) is 5.88. The Bertz CT molecular complexity index is 737.